The summed E-state index contributed by atoms with van der Waals surface area (Å²) in [6, 6.07) is 8.34. The molecule has 6 heteroatoms. The zero-order valence-corrected chi connectivity index (χ0v) is 17.6. The average molecular weight is 394 g/mol. The summed E-state index contributed by atoms with van der Waals surface area (Å²) in [6.45, 7) is 7.88. The van der Waals surface area contributed by atoms with Gasteiger partial charge >= 0.3 is 0 Å². The number of rotatable bonds is 6. The van der Waals surface area contributed by atoms with E-state index in [1.807, 2.05) is 13.8 Å². The normalized spacial score (nSPS) is 13.5. The molecule has 0 fully saturated rings. The fourth-order valence-electron chi connectivity index (χ4n) is 2.84. The number of hydrazone groups is 1. The molecule has 1 aliphatic heterocycles. The number of aromatic nitrogens is 1. The first-order chi connectivity index (χ1) is 13.7. The van der Waals surface area contributed by atoms with Gasteiger partial charge in [0.25, 0.3) is 0 Å². The average Bonchev–Trinajstić information content (AvgIpc) is 3.36. The third-order valence-electron chi connectivity index (χ3n) is 4.40. The zero-order valence-electron chi connectivity index (χ0n) is 16.8. The Bertz CT molecular complexity index is 913. The maximum Gasteiger partial charge on any atom is 0.212 e. The third-order valence-corrected chi connectivity index (χ3v) is 5.71. The van der Waals surface area contributed by atoms with Gasteiger partial charge in [0.15, 0.2) is 0 Å². The predicted molar refractivity (Wildman–Crippen MR) is 119 cm³/mol. The molecule has 146 valence electrons. The Hall–Kier alpha value is -2.65. The fraction of sp³-hybridized carbons (Fsp3) is 0.409. The highest BCUT2D eigenvalue weighted by Gasteiger charge is 2.12. The molecule has 2 heterocycles. The van der Waals surface area contributed by atoms with Gasteiger partial charge in [-0.15, -0.1) is 11.3 Å². The van der Waals surface area contributed by atoms with Gasteiger partial charge < -0.3 is 5.32 Å². The molecular weight excluding hydrogens is 366 g/mol. The topological polar surface area (TPSA) is 61.7 Å². The number of hydrogen-bond acceptors (Lipinski definition) is 6. The van der Waals surface area contributed by atoms with Crippen LogP contribution in [-0.4, -0.2) is 29.7 Å². The van der Waals surface area contributed by atoms with Crippen LogP contribution >= 0.6 is 11.3 Å². The van der Waals surface area contributed by atoms with Crippen LogP contribution in [0.5, 0.6) is 0 Å². The van der Waals surface area contributed by atoms with Crippen LogP contribution in [0.15, 0.2) is 34.4 Å². The predicted octanol–water partition coefficient (Wildman–Crippen LogP) is 4.32. The standard InChI is InChI=1S/C22H27N5S/c1-4-5-6-7-8-9-18-10-12-19(13-11-18)21-25-16(2)20(28-21)17(3)26-27-22-23-14-15-24-22/h10-13H,4-7,14-15H2,1-3H3,(H2,23,24,27)/b26-17+. The Labute approximate surface area is 171 Å². The number of unbranched alkanes of at least 4 members (excludes halogenated alkanes) is 3. The lowest BCUT2D eigenvalue weighted by molar-refractivity contribution is 0.737. The fourth-order valence-corrected chi connectivity index (χ4v) is 3.86. The van der Waals surface area contributed by atoms with Gasteiger partial charge in [-0.2, -0.15) is 5.10 Å². The van der Waals surface area contributed by atoms with E-state index in [-0.39, 0.29) is 0 Å². The second kappa shape index (κ2) is 10.0. The first-order valence-corrected chi connectivity index (χ1v) is 10.6. The molecular formula is C22H27N5S. The molecule has 1 aromatic carbocycles. The smallest absolute Gasteiger partial charge is 0.212 e. The monoisotopic (exact) mass is 393 g/mol. The Morgan fingerprint density at radius 2 is 2.11 bits per heavy atom. The maximum absolute atomic E-state index is 4.74. The van der Waals surface area contributed by atoms with Crippen molar-refractivity contribution in [2.45, 2.75) is 46.5 Å². The van der Waals surface area contributed by atoms with Crippen LogP contribution in [0.2, 0.25) is 0 Å². The highest BCUT2D eigenvalue weighted by atomic mass is 32.1. The Balaban J connectivity index is 1.67. The molecule has 0 aliphatic carbocycles. The lowest BCUT2D eigenvalue weighted by atomic mass is 10.1. The van der Waals surface area contributed by atoms with Crippen molar-refractivity contribution in [1.82, 2.24) is 15.7 Å². The molecule has 1 aromatic heterocycles. The van der Waals surface area contributed by atoms with Crippen LogP contribution in [0.1, 0.15) is 55.7 Å². The molecule has 0 atom stereocenters. The van der Waals surface area contributed by atoms with Gasteiger partial charge in [0.2, 0.25) is 5.96 Å². The van der Waals surface area contributed by atoms with Gasteiger partial charge in [-0.05, 0) is 32.4 Å². The van der Waals surface area contributed by atoms with Crippen LogP contribution < -0.4 is 10.7 Å². The summed E-state index contributed by atoms with van der Waals surface area (Å²) in [5.74, 6) is 7.24. The number of thiazole rings is 1. The van der Waals surface area contributed by atoms with Gasteiger partial charge in [0.1, 0.15) is 5.01 Å². The Morgan fingerprint density at radius 3 is 2.82 bits per heavy atom. The molecule has 0 radical (unpaired) electrons. The zero-order chi connectivity index (χ0) is 19.8. The van der Waals surface area contributed by atoms with Crippen molar-refractivity contribution >= 4 is 23.0 Å². The van der Waals surface area contributed by atoms with Crippen molar-refractivity contribution in [1.29, 1.82) is 0 Å². The second-order valence-corrected chi connectivity index (χ2v) is 7.73. The van der Waals surface area contributed by atoms with E-state index in [4.69, 9.17) is 4.98 Å². The van der Waals surface area contributed by atoms with E-state index >= 15 is 0 Å². The number of nitrogens with one attached hydrogen (secondary N) is 2. The molecule has 0 amide bonds. The van der Waals surface area contributed by atoms with E-state index in [0.717, 1.165) is 57.9 Å². The van der Waals surface area contributed by atoms with Crippen LogP contribution in [-0.2, 0) is 0 Å². The summed E-state index contributed by atoms with van der Waals surface area (Å²) in [6.07, 6.45) is 4.64. The minimum atomic E-state index is 0.730. The number of benzene rings is 1. The van der Waals surface area contributed by atoms with Gasteiger partial charge in [0, 0.05) is 24.1 Å². The van der Waals surface area contributed by atoms with E-state index in [1.165, 1.54) is 19.3 Å². The summed E-state index contributed by atoms with van der Waals surface area (Å²) in [5, 5.41) is 8.59. The molecule has 3 rings (SSSR count). The molecule has 0 saturated heterocycles. The van der Waals surface area contributed by atoms with Crippen molar-refractivity contribution in [3.63, 3.8) is 0 Å². The minimum absolute atomic E-state index is 0.730. The van der Waals surface area contributed by atoms with Crippen molar-refractivity contribution in [2.75, 3.05) is 13.1 Å². The molecule has 2 N–H and O–H groups in total. The SMILES string of the molecule is CCCCCC#Cc1ccc(-c2nc(C)c(/C(C)=N/NC3=NCCN3)s2)cc1. The third kappa shape index (κ3) is 5.43. The first kappa shape index (κ1) is 20.1. The van der Waals surface area contributed by atoms with Crippen molar-refractivity contribution in [3.8, 4) is 22.4 Å². The van der Waals surface area contributed by atoms with Crippen molar-refractivity contribution in [2.24, 2.45) is 10.1 Å². The Kier molecular flexibility index (Phi) is 7.21. The van der Waals surface area contributed by atoms with Crippen LogP contribution in [0.3, 0.4) is 0 Å². The molecule has 2 aromatic rings. The van der Waals surface area contributed by atoms with Crippen LogP contribution in [0.25, 0.3) is 10.6 Å². The molecule has 0 spiro atoms. The van der Waals surface area contributed by atoms with Crippen LogP contribution in [0, 0.1) is 18.8 Å². The van der Waals surface area contributed by atoms with E-state index in [0.29, 0.717) is 0 Å². The van der Waals surface area contributed by atoms with E-state index in [1.54, 1.807) is 11.3 Å². The molecule has 0 saturated carbocycles. The molecule has 0 bridgehead atoms. The minimum Gasteiger partial charge on any atom is -0.353 e. The van der Waals surface area contributed by atoms with Gasteiger partial charge in [-0.1, -0.05) is 43.7 Å². The largest absolute Gasteiger partial charge is 0.353 e. The molecule has 5 nitrogen and oxygen atoms in total. The van der Waals surface area contributed by atoms with E-state index < -0.39 is 0 Å². The van der Waals surface area contributed by atoms with Gasteiger partial charge in [0.05, 0.1) is 22.8 Å². The summed E-state index contributed by atoms with van der Waals surface area (Å²) in [5.41, 5.74) is 7.05. The van der Waals surface area contributed by atoms with Crippen molar-refractivity contribution < 1.29 is 0 Å². The van der Waals surface area contributed by atoms with Gasteiger partial charge in [-0.3, -0.25) is 0 Å². The lowest BCUT2D eigenvalue weighted by Crippen LogP contribution is -2.30. The number of hydrogen-bond donors (Lipinski definition) is 2. The van der Waals surface area contributed by atoms with E-state index in [9.17, 15) is 0 Å². The van der Waals surface area contributed by atoms with Crippen molar-refractivity contribution in [3.05, 3.63) is 40.4 Å². The molecule has 1 aliphatic rings. The molecule has 0 unspecified atom stereocenters. The lowest BCUT2D eigenvalue weighted by Gasteiger charge is -2.02. The Morgan fingerprint density at radius 1 is 1.29 bits per heavy atom. The molecule has 28 heavy (non-hydrogen) atoms. The summed E-state index contributed by atoms with van der Waals surface area (Å²) >= 11 is 1.66. The maximum atomic E-state index is 4.74. The highest BCUT2D eigenvalue weighted by molar-refractivity contribution is 7.17. The summed E-state index contributed by atoms with van der Waals surface area (Å²) < 4.78 is 0. The number of guanidine groups is 1. The second-order valence-electron chi connectivity index (χ2n) is 6.74. The number of aryl methyl sites for hydroxylation is 1. The van der Waals surface area contributed by atoms with Gasteiger partial charge in [-0.25, -0.2) is 15.4 Å². The number of nitrogens with zero attached hydrogens (tertiary/aromatic N) is 3. The summed E-state index contributed by atoms with van der Waals surface area (Å²) in [7, 11) is 0. The number of aliphatic imine (C=N–C) groups is 1. The highest BCUT2D eigenvalue weighted by Crippen LogP contribution is 2.28. The van der Waals surface area contributed by atoms with E-state index in [2.05, 4.69) is 63.9 Å². The van der Waals surface area contributed by atoms with Crippen LogP contribution in [0.4, 0.5) is 0 Å². The first-order valence-electron chi connectivity index (χ1n) is 9.83. The quantitative estimate of drug-likeness (QED) is 0.332. The summed E-state index contributed by atoms with van der Waals surface area (Å²) in [4.78, 5) is 10.1.